The maximum absolute atomic E-state index is 13.3. The highest BCUT2D eigenvalue weighted by molar-refractivity contribution is 5.45. The first kappa shape index (κ1) is 11.3. The van der Waals surface area contributed by atoms with Crippen molar-refractivity contribution < 1.29 is 13.2 Å². The third kappa shape index (κ3) is 2.68. The minimum Gasteiger partial charge on any atom is -0.380 e. The molecule has 0 saturated heterocycles. The quantitative estimate of drug-likeness (QED) is 0.813. The Kier molecular flexibility index (Phi) is 3.08. The van der Waals surface area contributed by atoms with Gasteiger partial charge in [0.2, 0.25) is 5.92 Å². The SMILES string of the molecule is Fc1ccccc1N[C@@H]1CCCC(F)(F)C1. The van der Waals surface area contributed by atoms with Crippen molar-refractivity contribution in [2.75, 3.05) is 5.32 Å². The molecule has 2 rings (SSSR count). The van der Waals surface area contributed by atoms with E-state index in [-0.39, 0.29) is 18.9 Å². The summed E-state index contributed by atoms with van der Waals surface area (Å²) in [7, 11) is 0. The van der Waals surface area contributed by atoms with E-state index < -0.39 is 11.7 Å². The summed E-state index contributed by atoms with van der Waals surface area (Å²) in [4.78, 5) is 0. The van der Waals surface area contributed by atoms with Gasteiger partial charge < -0.3 is 5.32 Å². The maximum Gasteiger partial charge on any atom is 0.250 e. The van der Waals surface area contributed by atoms with Crippen molar-refractivity contribution in [2.24, 2.45) is 0 Å². The van der Waals surface area contributed by atoms with E-state index in [1.165, 1.54) is 6.07 Å². The first-order chi connectivity index (χ1) is 7.57. The number of halogens is 3. The van der Waals surface area contributed by atoms with E-state index in [4.69, 9.17) is 0 Å². The van der Waals surface area contributed by atoms with E-state index in [1.807, 2.05) is 0 Å². The Balaban J connectivity index is 2.02. The van der Waals surface area contributed by atoms with Crippen molar-refractivity contribution in [3.05, 3.63) is 30.1 Å². The molecule has 4 heteroatoms. The Labute approximate surface area is 92.7 Å². The molecule has 1 N–H and O–H groups in total. The lowest BCUT2D eigenvalue weighted by Gasteiger charge is -2.30. The zero-order chi connectivity index (χ0) is 11.6. The number of nitrogens with one attached hydrogen (secondary N) is 1. The van der Waals surface area contributed by atoms with E-state index in [1.54, 1.807) is 18.2 Å². The molecule has 1 aromatic carbocycles. The second kappa shape index (κ2) is 4.36. The number of benzene rings is 1. The molecule has 0 amide bonds. The smallest absolute Gasteiger partial charge is 0.250 e. The Morgan fingerprint density at radius 1 is 1.25 bits per heavy atom. The monoisotopic (exact) mass is 229 g/mol. The highest BCUT2D eigenvalue weighted by atomic mass is 19.3. The van der Waals surface area contributed by atoms with Gasteiger partial charge >= 0.3 is 0 Å². The second-order valence-electron chi connectivity index (χ2n) is 4.27. The zero-order valence-electron chi connectivity index (χ0n) is 8.85. The minimum atomic E-state index is -2.61. The fourth-order valence-corrected chi connectivity index (χ4v) is 2.09. The molecule has 88 valence electrons. The van der Waals surface area contributed by atoms with Crippen molar-refractivity contribution in [3.8, 4) is 0 Å². The van der Waals surface area contributed by atoms with E-state index in [0.717, 1.165) is 0 Å². The summed E-state index contributed by atoms with van der Waals surface area (Å²) in [6.07, 6.45) is 0.896. The Bertz CT molecular complexity index is 365. The number of rotatable bonds is 2. The van der Waals surface area contributed by atoms with Gasteiger partial charge in [0.1, 0.15) is 5.82 Å². The Morgan fingerprint density at radius 2 is 2.00 bits per heavy atom. The highest BCUT2D eigenvalue weighted by Crippen LogP contribution is 2.34. The van der Waals surface area contributed by atoms with Crippen LogP contribution in [0.5, 0.6) is 0 Å². The van der Waals surface area contributed by atoms with E-state index >= 15 is 0 Å². The van der Waals surface area contributed by atoms with Crippen LogP contribution in [-0.2, 0) is 0 Å². The fourth-order valence-electron chi connectivity index (χ4n) is 2.09. The fraction of sp³-hybridized carbons (Fsp3) is 0.500. The lowest BCUT2D eigenvalue weighted by atomic mass is 9.92. The standard InChI is InChI=1S/C12H14F3N/c13-10-5-1-2-6-11(10)16-9-4-3-7-12(14,15)8-9/h1-2,5-6,9,16H,3-4,7-8H2/t9-/m1/s1. The third-order valence-corrected chi connectivity index (χ3v) is 2.87. The molecule has 16 heavy (non-hydrogen) atoms. The first-order valence-electron chi connectivity index (χ1n) is 5.46. The van der Waals surface area contributed by atoms with Gasteiger partial charge in [-0.3, -0.25) is 0 Å². The molecule has 0 spiro atoms. The van der Waals surface area contributed by atoms with Crippen molar-refractivity contribution in [1.82, 2.24) is 0 Å². The van der Waals surface area contributed by atoms with Crippen LogP contribution in [0.4, 0.5) is 18.9 Å². The minimum absolute atomic E-state index is 0.0531. The second-order valence-corrected chi connectivity index (χ2v) is 4.27. The van der Waals surface area contributed by atoms with Gasteiger partial charge in [0.25, 0.3) is 0 Å². The summed E-state index contributed by atoms with van der Waals surface area (Å²) < 4.78 is 39.5. The van der Waals surface area contributed by atoms with Gasteiger partial charge in [-0.15, -0.1) is 0 Å². The lowest BCUT2D eigenvalue weighted by molar-refractivity contribution is -0.0373. The summed E-state index contributed by atoms with van der Waals surface area (Å²) in [5.74, 6) is -3.00. The number of hydrogen-bond donors (Lipinski definition) is 1. The molecule has 1 nitrogen and oxygen atoms in total. The van der Waals surface area contributed by atoms with Crippen LogP contribution in [0, 0.1) is 5.82 Å². The molecule has 1 saturated carbocycles. The highest BCUT2D eigenvalue weighted by Gasteiger charge is 2.36. The normalized spacial score (nSPS) is 24.1. The number of anilines is 1. The predicted molar refractivity (Wildman–Crippen MR) is 57.2 cm³/mol. The molecule has 1 aliphatic carbocycles. The van der Waals surface area contributed by atoms with Crippen molar-refractivity contribution in [3.63, 3.8) is 0 Å². The lowest BCUT2D eigenvalue weighted by Crippen LogP contribution is -2.34. The molecule has 1 fully saturated rings. The van der Waals surface area contributed by atoms with Gasteiger partial charge in [-0.05, 0) is 25.0 Å². The van der Waals surface area contributed by atoms with Crippen LogP contribution in [0.25, 0.3) is 0 Å². The van der Waals surface area contributed by atoms with Gasteiger partial charge in [0, 0.05) is 18.9 Å². The average Bonchev–Trinajstić information content (AvgIpc) is 2.20. The molecule has 0 aliphatic heterocycles. The van der Waals surface area contributed by atoms with Crippen LogP contribution in [0.3, 0.4) is 0 Å². The summed E-state index contributed by atoms with van der Waals surface area (Å²) in [6.45, 7) is 0. The Hall–Kier alpha value is -1.19. The number of alkyl halides is 2. The molecular formula is C12H14F3N. The average molecular weight is 229 g/mol. The van der Waals surface area contributed by atoms with Crippen LogP contribution in [0.2, 0.25) is 0 Å². The van der Waals surface area contributed by atoms with Gasteiger partial charge in [-0.1, -0.05) is 12.1 Å². The van der Waals surface area contributed by atoms with Crippen molar-refractivity contribution in [2.45, 2.75) is 37.6 Å². The number of hydrogen-bond acceptors (Lipinski definition) is 1. The molecule has 0 bridgehead atoms. The summed E-state index contributed by atoms with van der Waals surface area (Å²) in [5, 5.41) is 2.85. The molecule has 1 atom stereocenters. The molecule has 0 aromatic heterocycles. The summed E-state index contributed by atoms with van der Waals surface area (Å²) >= 11 is 0. The molecule has 0 radical (unpaired) electrons. The van der Waals surface area contributed by atoms with Crippen LogP contribution in [0.15, 0.2) is 24.3 Å². The van der Waals surface area contributed by atoms with Gasteiger partial charge in [0.15, 0.2) is 0 Å². The Morgan fingerprint density at radius 3 is 2.69 bits per heavy atom. The molecule has 1 aliphatic rings. The maximum atomic E-state index is 13.3. The van der Waals surface area contributed by atoms with Crippen LogP contribution in [0.1, 0.15) is 25.7 Å². The summed E-state index contributed by atoms with van der Waals surface area (Å²) in [5.41, 5.74) is 0.310. The predicted octanol–water partition coefficient (Wildman–Crippen LogP) is 3.82. The van der Waals surface area contributed by atoms with Crippen molar-refractivity contribution >= 4 is 5.69 Å². The molecular weight excluding hydrogens is 215 g/mol. The third-order valence-electron chi connectivity index (χ3n) is 2.87. The van der Waals surface area contributed by atoms with E-state index in [9.17, 15) is 13.2 Å². The first-order valence-corrected chi connectivity index (χ1v) is 5.46. The largest absolute Gasteiger partial charge is 0.380 e. The van der Waals surface area contributed by atoms with Crippen molar-refractivity contribution in [1.29, 1.82) is 0 Å². The summed E-state index contributed by atoms with van der Waals surface area (Å²) in [6, 6.07) is 5.83. The van der Waals surface area contributed by atoms with Gasteiger partial charge in [-0.25, -0.2) is 13.2 Å². The van der Waals surface area contributed by atoms with E-state index in [0.29, 0.717) is 18.5 Å². The van der Waals surface area contributed by atoms with Crippen LogP contribution >= 0.6 is 0 Å². The van der Waals surface area contributed by atoms with Gasteiger partial charge in [-0.2, -0.15) is 0 Å². The van der Waals surface area contributed by atoms with Crippen LogP contribution in [-0.4, -0.2) is 12.0 Å². The molecule has 0 unspecified atom stereocenters. The van der Waals surface area contributed by atoms with Gasteiger partial charge in [0.05, 0.1) is 5.69 Å². The molecule has 1 aromatic rings. The topological polar surface area (TPSA) is 12.0 Å². The van der Waals surface area contributed by atoms with Crippen LogP contribution < -0.4 is 5.32 Å². The van der Waals surface area contributed by atoms with E-state index in [2.05, 4.69) is 5.32 Å². The zero-order valence-corrected chi connectivity index (χ0v) is 8.85. The number of para-hydroxylation sites is 1. The molecule has 0 heterocycles.